The van der Waals surface area contributed by atoms with Crippen LogP contribution in [-0.2, 0) is 0 Å². The van der Waals surface area contributed by atoms with Crippen molar-refractivity contribution < 1.29 is 9.53 Å². The SMILES string of the molecule is COc1ccc(/C(C)=C2\Sc3ccccc3C2=O)cc1. The Morgan fingerprint density at radius 1 is 1.05 bits per heavy atom. The molecule has 0 unspecified atom stereocenters. The summed E-state index contributed by atoms with van der Waals surface area (Å²) >= 11 is 1.56. The molecule has 0 N–H and O–H groups in total. The fourth-order valence-electron chi connectivity index (χ4n) is 2.24. The largest absolute Gasteiger partial charge is 0.497 e. The molecule has 0 amide bonds. The molecule has 0 aromatic heterocycles. The van der Waals surface area contributed by atoms with Gasteiger partial charge in [-0.15, -0.1) is 0 Å². The smallest absolute Gasteiger partial charge is 0.201 e. The summed E-state index contributed by atoms with van der Waals surface area (Å²) in [6.07, 6.45) is 0. The zero-order valence-electron chi connectivity index (χ0n) is 11.3. The van der Waals surface area contributed by atoms with Crippen LogP contribution in [0.3, 0.4) is 0 Å². The van der Waals surface area contributed by atoms with Crippen molar-refractivity contribution in [2.45, 2.75) is 11.8 Å². The number of ketones is 1. The van der Waals surface area contributed by atoms with E-state index < -0.39 is 0 Å². The molecule has 0 bridgehead atoms. The predicted octanol–water partition coefficient (Wildman–Crippen LogP) is 4.41. The van der Waals surface area contributed by atoms with E-state index in [0.29, 0.717) is 0 Å². The summed E-state index contributed by atoms with van der Waals surface area (Å²) in [5.74, 6) is 0.944. The fourth-order valence-corrected chi connectivity index (χ4v) is 3.35. The van der Waals surface area contributed by atoms with E-state index in [4.69, 9.17) is 4.74 Å². The van der Waals surface area contributed by atoms with Crippen LogP contribution in [0.5, 0.6) is 5.75 Å². The van der Waals surface area contributed by atoms with E-state index in [9.17, 15) is 4.79 Å². The summed E-state index contributed by atoms with van der Waals surface area (Å²) in [6.45, 7) is 1.99. The lowest BCUT2D eigenvalue weighted by Gasteiger charge is -2.06. The molecule has 0 radical (unpaired) electrons. The third-order valence-corrected chi connectivity index (χ3v) is 4.69. The molecule has 3 rings (SSSR count). The van der Waals surface area contributed by atoms with Crippen LogP contribution in [0, 0.1) is 0 Å². The summed E-state index contributed by atoms with van der Waals surface area (Å²) in [4.78, 5) is 14.3. The molecule has 0 spiro atoms. The van der Waals surface area contributed by atoms with Crippen molar-refractivity contribution in [2.75, 3.05) is 7.11 Å². The molecule has 1 heterocycles. The highest BCUT2D eigenvalue weighted by Gasteiger charge is 2.27. The van der Waals surface area contributed by atoms with Gasteiger partial charge in [-0.3, -0.25) is 4.79 Å². The molecule has 3 heteroatoms. The number of hydrogen-bond donors (Lipinski definition) is 0. The Hall–Kier alpha value is -2.00. The van der Waals surface area contributed by atoms with E-state index in [0.717, 1.165) is 32.3 Å². The van der Waals surface area contributed by atoms with E-state index in [-0.39, 0.29) is 5.78 Å². The standard InChI is InChI=1S/C17H14O2S/c1-11(12-7-9-13(19-2)10-8-12)17-16(18)14-5-3-4-6-15(14)20-17/h3-10H,1-2H3/b17-11-. The zero-order valence-corrected chi connectivity index (χ0v) is 12.2. The van der Waals surface area contributed by atoms with Gasteiger partial charge in [0.15, 0.2) is 0 Å². The Morgan fingerprint density at radius 3 is 2.40 bits per heavy atom. The van der Waals surface area contributed by atoms with Gasteiger partial charge < -0.3 is 4.74 Å². The van der Waals surface area contributed by atoms with E-state index in [1.54, 1.807) is 18.9 Å². The molecule has 0 saturated carbocycles. The molecule has 0 atom stereocenters. The number of Topliss-reactive ketones (excluding diaryl/α,β-unsaturated/α-hetero) is 1. The first-order valence-electron chi connectivity index (χ1n) is 6.37. The Labute approximate surface area is 122 Å². The highest BCUT2D eigenvalue weighted by atomic mass is 32.2. The Balaban J connectivity index is 2.01. The van der Waals surface area contributed by atoms with Crippen molar-refractivity contribution in [2.24, 2.45) is 0 Å². The molecule has 20 heavy (non-hydrogen) atoms. The number of ether oxygens (including phenoxy) is 1. The van der Waals surface area contributed by atoms with Gasteiger partial charge in [-0.25, -0.2) is 0 Å². The first-order chi connectivity index (χ1) is 9.70. The second-order valence-corrected chi connectivity index (χ2v) is 5.66. The van der Waals surface area contributed by atoms with Crippen molar-refractivity contribution in [3.63, 3.8) is 0 Å². The van der Waals surface area contributed by atoms with Crippen molar-refractivity contribution in [1.29, 1.82) is 0 Å². The zero-order chi connectivity index (χ0) is 14.1. The molecule has 1 aliphatic heterocycles. The normalized spacial score (nSPS) is 16.0. The van der Waals surface area contributed by atoms with Crippen molar-refractivity contribution in [3.8, 4) is 5.75 Å². The Kier molecular flexibility index (Phi) is 3.36. The van der Waals surface area contributed by atoms with Crippen molar-refractivity contribution in [1.82, 2.24) is 0 Å². The number of methoxy groups -OCH3 is 1. The van der Waals surface area contributed by atoms with E-state index in [2.05, 4.69) is 0 Å². The van der Waals surface area contributed by atoms with E-state index >= 15 is 0 Å². The minimum absolute atomic E-state index is 0.124. The van der Waals surface area contributed by atoms with Crippen LogP contribution in [0.15, 0.2) is 58.3 Å². The summed E-state index contributed by atoms with van der Waals surface area (Å²) in [6, 6.07) is 15.5. The van der Waals surface area contributed by atoms with Crippen LogP contribution in [0.4, 0.5) is 0 Å². The molecular formula is C17H14O2S. The number of allylic oxidation sites excluding steroid dienone is 2. The number of hydrogen-bond acceptors (Lipinski definition) is 3. The Bertz CT molecular complexity index is 699. The minimum Gasteiger partial charge on any atom is -0.497 e. The first-order valence-corrected chi connectivity index (χ1v) is 7.19. The average molecular weight is 282 g/mol. The lowest BCUT2D eigenvalue weighted by molar-refractivity contribution is 0.104. The maximum Gasteiger partial charge on any atom is 0.201 e. The van der Waals surface area contributed by atoms with Crippen LogP contribution in [0.25, 0.3) is 5.57 Å². The fraction of sp³-hybridized carbons (Fsp3) is 0.118. The van der Waals surface area contributed by atoms with Gasteiger partial charge in [0.05, 0.1) is 12.0 Å². The second-order valence-electron chi connectivity index (χ2n) is 4.61. The third kappa shape index (κ3) is 2.14. The molecule has 1 aliphatic rings. The van der Waals surface area contributed by atoms with Gasteiger partial charge in [-0.05, 0) is 42.3 Å². The maximum absolute atomic E-state index is 12.4. The first kappa shape index (κ1) is 13.0. The van der Waals surface area contributed by atoms with Gasteiger partial charge in [0.2, 0.25) is 5.78 Å². The van der Waals surface area contributed by atoms with E-state index in [1.165, 1.54) is 0 Å². The molecule has 0 saturated heterocycles. The minimum atomic E-state index is 0.124. The third-order valence-electron chi connectivity index (χ3n) is 3.41. The van der Waals surface area contributed by atoms with Crippen LogP contribution in [-0.4, -0.2) is 12.9 Å². The van der Waals surface area contributed by atoms with Gasteiger partial charge in [-0.2, -0.15) is 0 Å². The molecule has 0 aliphatic carbocycles. The number of rotatable bonds is 2. The highest BCUT2D eigenvalue weighted by molar-refractivity contribution is 8.05. The van der Waals surface area contributed by atoms with Crippen LogP contribution >= 0.6 is 11.8 Å². The number of carbonyl (C=O) groups excluding carboxylic acids is 1. The average Bonchev–Trinajstić information content (AvgIpc) is 2.84. The summed E-state index contributed by atoms with van der Waals surface area (Å²) in [5, 5.41) is 0. The van der Waals surface area contributed by atoms with Crippen LogP contribution in [0.1, 0.15) is 22.8 Å². The van der Waals surface area contributed by atoms with E-state index in [1.807, 2.05) is 55.5 Å². The van der Waals surface area contributed by atoms with Gasteiger partial charge in [0.25, 0.3) is 0 Å². The number of benzene rings is 2. The molecule has 2 aromatic carbocycles. The summed E-state index contributed by atoms with van der Waals surface area (Å²) in [7, 11) is 1.65. The lowest BCUT2D eigenvalue weighted by atomic mass is 10.0. The van der Waals surface area contributed by atoms with Gasteiger partial charge in [0.1, 0.15) is 5.75 Å². The molecule has 2 aromatic rings. The summed E-state index contributed by atoms with van der Waals surface area (Å²) in [5.41, 5.74) is 2.87. The maximum atomic E-state index is 12.4. The summed E-state index contributed by atoms with van der Waals surface area (Å²) < 4.78 is 5.16. The van der Waals surface area contributed by atoms with Crippen molar-refractivity contribution in [3.05, 3.63) is 64.6 Å². The van der Waals surface area contributed by atoms with Gasteiger partial charge in [-0.1, -0.05) is 36.0 Å². The van der Waals surface area contributed by atoms with Crippen LogP contribution in [0.2, 0.25) is 0 Å². The molecule has 2 nitrogen and oxygen atoms in total. The number of carbonyl (C=O) groups is 1. The Morgan fingerprint density at radius 2 is 1.75 bits per heavy atom. The molecule has 100 valence electrons. The highest BCUT2D eigenvalue weighted by Crippen LogP contribution is 2.43. The quantitative estimate of drug-likeness (QED) is 0.763. The number of fused-ring (bicyclic) bond motifs is 1. The van der Waals surface area contributed by atoms with Gasteiger partial charge >= 0.3 is 0 Å². The predicted molar refractivity (Wildman–Crippen MR) is 82.2 cm³/mol. The topological polar surface area (TPSA) is 26.3 Å². The number of thioether (sulfide) groups is 1. The monoisotopic (exact) mass is 282 g/mol. The van der Waals surface area contributed by atoms with Crippen LogP contribution < -0.4 is 4.74 Å². The second kappa shape index (κ2) is 5.17. The molecule has 0 fully saturated rings. The molecular weight excluding hydrogens is 268 g/mol. The van der Waals surface area contributed by atoms with Crippen molar-refractivity contribution >= 4 is 23.1 Å². The lowest BCUT2D eigenvalue weighted by Crippen LogP contribution is -1.96. The van der Waals surface area contributed by atoms with Gasteiger partial charge in [0, 0.05) is 10.5 Å².